The van der Waals surface area contributed by atoms with Gasteiger partial charge in [-0.05, 0) is 30.8 Å². The summed E-state index contributed by atoms with van der Waals surface area (Å²) in [6, 6.07) is 10.8. The van der Waals surface area contributed by atoms with Crippen LogP contribution in [0.1, 0.15) is 24.2 Å². The molecule has 0 fully saturated rings. The van der Waals surface area contributed by atoms with Crippen LogP contribution in [-0.2, 0) is 6.54 Å². The van der Waals surface area contributed by atoms with Crippen molar-refractivity contribution >= 4 is 15.9 Å². The van der Waals surface area contributed by atoms with E-state index in [2.05, 4.69) is 25.8 Å². The van der Waals surface area contributed by atoms with Crippen molar-refractivity contribution in [2.45, 2.75) is 19.5 Å². The van der Waals surface area contributed by atoms with Gasteiger partial charge in [-0.15, -0.1) is 0 Å². The normalized spacial score (nSPS) is 12.6. The molecular weight excluding hydrogens is 333 g/mol. The summed E-state index contributed by atoms with van der Waals surface area (Å²) in [4.78, 5) is 6.46. The number of rotatable bonds is 6. The van der Waals surface area contributed by atoms with Gasteiger partial charge in [0.2, 0.25) is 0 Å². The van der Waals surface area contributed by atoms with Crippen molar-refractivity contribution in [1.82, 2.24) is 9.88 Å². The molecule has 2 rings (SSSR count). The molecule has 2 N–H and O–H groups in total. The summed E-state index contributed by atoms with van der Waals surface area (Å²) < 4.78 is 14.9. The molecule has 1 atom stereocenters. The van der Waals surface area contributed by atoms with Crippen LogP contribution in [0.5, 0.6) is 0 Å². The lowest BCUT2D eigenvalue weighted by molar-refractivity contribution is 0.197. The van der Waals surface area contributed by atoms with Gasteiger partial charge in [0.25, 0.3) is 0 Å². The van der Waals surface area contributed by atoms with E-state index in [9.17, 15) is 4.39 Å². The molecule has 0 radical (unpaired) electrons. The molecule has 21 heavy (non-hydrogen) atoms. The predicted octanol–water partition coefficient (Wildman–Crippen LogP) is 3.51. The topological polar surface area (TPSA) is 42.2 Å². The third-order valence-corrected chi connectivity index (χ3v) is 3.98. The lowest BCUT2D eigenvalue weighted by atomic mass is 10.0. The summed E-state index contributed by atoms with van der Waals surface area (Å²) in [5.41, 5.74) is 7.48. The largest absolute Gasteiger partial charge is 0.329 e. The van der Waals surface area contributed by atoms with Gasteiger partial charge in [0.05, 0.1) is 11.7 Å². The van der Waals surface area contributed by atoms with Gasteiger partial charge in [0.1, 0.15) is 5.82 Å². The summed E-state index contributed by atoms with van der Waals surface area (Å²) in [7, 11) is 0. The first-order valence-electron chi connectivity index (χ1n) is 6.94. The number of likely N-dealkylation sites (N-methyl/N-ethyl adjacent to an activating group) is 1. The number of nitrogens with two attached hydrogens (primary N) is 1. The standard InChI is InChI=1S/C16H19BrFN3/c1-2-21(11-13-5-3-4-8-20-13)16(10-19)14-7-6-12(17)9-15(14)18/h3-9,16H,2,10-11,19H2,1H3. The Morgan fingerprint density at radius 2 is 2.14 bits per heavy atom. The number of pyridine rings is 1. The molecule has 2 aromatic rings. The molecule has 3 nitrogen and oxygen atoms in total. The molecule has 0 aliphatic rings. The number of nitrogens with zero attached hydrogens (tertiary/aromatic N) is 2. The molecule has 0 bridgehead atoms. The average molecular weight is 352 g/mol. The Bertz CT molecular complexity index is 577. The van der Waals surface area contributed by atoms with E-state index in [0.717, 1.165) is 16.7 Å². The molecule has 0 amide bonds. The molecular formula is C16H19BrFN3. The van der Waals surface area contributed by atoms with E-state index in [1.165, 1.54) is 6.07 Å². The average Bonchev–Trinajstić information content (AvgIpc) is 2.49. The van der Waals surface area contributed by atoms with Crippen molar-refractivity contribution in [2.75, 3.05) is 13.1 Å². The lowest BCUT2D eigenvalue weighted by Gasteiger charge is -2.30. The lowest BCUT2D eigenvalue weighted by Crippen LogP contribution is -2.34. The molecule has 0 aliphatic heterocycles. The molecule has 0 saturated carbocycles. The van der Waals surface area contributed by atoms with Crippen LogP contribution in [0.15, 0.2) is 47.1 Å². The van der Waals surface area contributed by atoms with Crippen LogP contribution in [0.25, 0.3) is 0 Å². The molecule has 112 valence electrons. The molecule has 0 spiro atoms. The van der Waals surface area contributed by atoms with Gasteiger partial charge in [0, 0.05) is 29.3 Å². The number of aromatic nitrogens is 1. The van der Waals surface area contributed by atoms with Crippen molar-refractivity contribution in [3.05, 3.63) is 64.1 Å². The van der Waals surface area contributed by atoms with Crippen molar-refractivity contribution in [3.8, 4) is 0 Å². The summed E-state index contributed by atoms with van der Waals surface area (Å²) in [6.07, 6.45) is 1.76. The zero-order chi connectivity index (χ0) is 15.2. The Morgan fingerprint density at radius 1 is 1.33 bits per heavy atom. The van der Waals surface area contributed by atoms with Gasteiger partial charge in [-0.25, -0.2) is 4.39 Å². The summed E-state index contributed by atoms with van der Waals surface area (Å²) in [5.74, 6) is -0.237. The highest BCUT2D eigenvalue weighted by atomic mass is 79.9. The number of hydrogen-bond acceptors (Lipinski definition) is 3. The van der Waals surface area contributed by atoms with Gasteiger partial charge in [-0.2, -0.15) is 0 Å². The van der Waals surface area contributed by atoms with Crippen LogP contribution < -0.4 is 5.73 Å². The highest BCUT2D eigenvalue weighted by Gasteiger charge is 2.21. The van der Waals surface area contributed by atoms with Crippen LogP contribution >= 0.6 is 15.9 Å². The second-order valence-corrected chi connectivity index (χ2v) is 5.72. The fourth-order valence-electron chi connectivity index (χ4n) is 2.39. The van der Waals surface area contributed by atoms with Crippen molar-refractivity contribution in [2.24, 2.45) is 5.73 Å². The first kappa shape index (κ1) is 16.1. The van der Waals surface area contributed by atoms with Crippen LogP contribution in [0.4, 0.5) is 4.39 Å². The Kier molecular flexibility index (Phi) is 5.85. The minimum Gasteiger partial charge on any atom is -0.329 e. The van der Waals surface area contributed by atoms with Crippen LogP contribution in [0.2, 0.25) is 0 Å². The summed E-state index contributed by atoms with van der Waals surface area (Å²) in [5, 5.41) is 0. The Morgan fingerprint density at radius 3 is 2.71 bits per heavy atom. The zero-order valence-electron chi connectivity index (χ0n) is 12.0. The third kappa shape index (κ3) is 4.09. The fraction of sp³-hybridized carbons (Fsp3) is 0.312. The number of benzene rings is 1. The molecule has 0 saturated heterocycles. The highest BCUT2D eigenvalue weighted by Crippen LogP contribution is 2.26. The fourth-order valence-corrected chi connectivity index (χ4v) is 2.72. The maximum absolute atomic E-state index is 14.2. The van der Waals surface area contributed by atoms with Crippen LogP contribution in [-0.4, -0.2) is 23.0 Å². The highest BCUT2D eigenvalue weighted by molar-refractivity contribution is 9.10. The Labute approximate surface area is 133 Å². The first-order chi connectivity index (χ1) is 10.2. The van der Waals surface area contributed by atoms with E-state index in [1.54, 1.807) is 12.3 Å². The summed E-state index contributed by atoms with van der Waals surface area (Å²) >= 11 is 3.28. The molecule has 0 aliphatic carbocycles. The minimum absolute atomic E-state index is 0.162. The van der Waals surface area contributed by atoms with E-state index >= 15 is 0 Å². The van der Waals surface area contributed by atoms with Crippen LogP contribution in [0, 0.1) is 5.82 Å². The van der Waals surface area contributed by atoms with Crippen molar-refractivity contribution < 1.29 is 4.39 Å². The Hall–Kier alpha value is -1.30. The second kappa shape index (κ2) is 7.64. The SMILES string of the molecule is CCN(Cc1ccccn1)C(CN)c1ccc(Br)cc1F. The minimum atomic E-state index is -0.237. The molecule has 1 aromatic carbocycles. The van der Waals surface area contributed by atoms with Gasteiger partial charge in [0.15, 0.2) is 0 Å². The molecule has 1 unspecified atom stereocenters. The second-order valence-electron chi connectivity index (χ2n) is 4.80. The summed E-state index contributed by atoms with van der Waals surface area (Å²) in [6.45, 7) is 3.82. The maximum Gasteiger partial charge on any atom is 0.129 e. The van der Waals surface area contributed by atoms with E-state index in [0.29, 0.717) is 18.7 Å². The molecule has 1 aromatic heterocycles. The van der Waals surface area contributed by atoms with Gasteiger partial charge in [-0.3, -0.25) is 9.88 Å². The molecule has 5 heteroatoms. The quantitative estimate of drug-likeness (QED) is 0.865. The predicted molar refractivity (Wildman–Crippen MR) is 86.2 cm³/mol. The van der Waals surface area contributed by atoms with Crippen LogP contribution in [0.3, 0.4) is 0 Å². The van der Waals surface area contributed by atoms with E-state index in [4.69, 9.17) is 5.73 Å². The van der Waals surface area contributed by atoms with Gasteiger partial charge in [-0.1, -0.05) is 35.0 Å². The first-order valence-corrected chi connectivity index (χ1v) is 7.74. The third-order valence-electron chi connectivity index (χ3n) is 3.48. The van der Waals surface area contributed by atoms with Gasteiger partial charge >= 0.3 is 0 Å². The van der Waals surface area contributed by atoms with Crippen molar-refractivity contribution in [3.63, 3.8) is 0 Å². The smallest absolute Gasteiger partial charge is 0.129 e. The van der Waals surface area contributed by atoms with Crippen molar-refractivity contribution in [1.29, 1.82) is 0 Å². The number of hydrogen-bond donors (Lipinski definition) is 1. The monoisotopic (exact) mass is 351 g/mol. The van der Waals surface area contributed by atoms with E-state index in [-0.39, 0.29) is 11.9 Å². The maximum atomic E-state index is 14.2. The van der Waals surface area contributed by atoms with E-state index in [1.807, 2.05) is 31.2 Å². The zero-order valence-corrected chi connectivity index (χ0v) is 13.6. The van der Waals surface area contributed by atoms with Gasteiger partial charge < -0.3 is 5.73 Å². The molecule has 1 heterocycles. The Balaban J connectivity index is 2.25. The van der Waals surface area contributed by atoms with E-state index < -0.39 is 0 Å². The number of halogens is 2.